The third-order valence-electron chi connectivity index (χ3n) is 2.99. The number of hydrogen-bond acceptors (Lipinski definition) is 1. The van der Waals surface area contributed by atoms with Crippen molar-refractivity contribution in [1.29, 1.82) is 0 Å². The summed E-state index contributed by atoms with van der Waals surface area (Å²) in [6.07, 6.45) is 4.55. The topological polar surface area (TPSA) is 26.1 Å². The SMILES string of the molecule is C1=C(C2CCCN2)c2ccccc2[N]1. The van der Waals surface area contributed by atoms with Gasteiger partial charge < -0.3 is 5.32 Å². The van der Waals surface area contributed by atoms with Crippen LogP contribution in [0.1, 0.15) is 18.4 Å². The zero-order chi connectivity index (χ0) is 9.38. The van der Waals surface area contributed by atoms with Gasteiger partial charge in [0.15, 0.2) is 0 Å². The van der Waals surface area contributed by atoms with Crippen LogP contribution in [-0.2, 0) is 0 Å². The summed E-state index contributed by atoms with van der Waals surface area (Å²) in [5, 5.41) is 7.93. The second-order valence-corrected chi connectivity index (χ2v) is 3.88. The molecule has 1 fully saturated rings. The molecule has 2 aliphatic rings. The van der Waals surface area contributed by atoms with Gasteiger partial charge in [0.2, 0.25) is 0 Å². The Morgan fingerprint density at radius 2 is 2.21 bits per heavy atom. The van der Waals surface area contributed by atoms with Gasteiger partial charge in [-0.2, -0.15) is 0 Å². The standard InChI is InChI=1S/C12H13N2/c1-2-5-11-9(4-1)10(8-14-11)12-6-3-7-13-12/h1-2,4-5,8,12-13H,3,6-7H2. The predicted octanol–water partition coefficient (Wildman–Crippen LogP) is 2.03. The minimum Gasteiger partial charge on any atom is -0.310 e. The van der Waals surface area contributed by atoms with Crippen molar-refractivity contribution >= 4 is 11.3 Å². The second kappa shape index (κ2) is 3.14. The molecular formula is C12H13N2. The summed E-state index contributed by atoms with van der Waals surface area (Å²) < 4.78 is 0. The molecule has 3 rings (SSSR count). The van der Waals surface area contributed by atoms with Crippen molar-refractivity contribution in [2.75, 3.05) is 6.54 Å². The molecule has 0 saturated carbocycles. The average Bonchev–Trinajstić information content (AvgIpc) is 2.85. The van der Waals surface area contributed by atoms with E-state index < -0.39 is 0 Å². The Morgan fingerprint density at radius 1 is 1.29 bits per heavy atom. The van der Waals surface area contributed by atoms with Crippen LogP contribution in [0, 0.1) is 0 Å². The summed E-state index contributed by atoms with van der Waals surface area (Å²) in [5.74, 6) is 0. The molecule has 2 heterocycles. The van der Waals surface area contributed by atoms with Crippen LogP contribution in [0.5, 0.6) is 0 Å². The van der Waals surface area contributed by atoms with Crippen LogP contribution in [0.2, 0.25) is 0 Å². The highest BCUT2D eigenvalue weighted by molar-refractivity contribution is 5.81. The summed E-state index contributed by atoms with van der Waals surface area (Å²) in [6.45, 7) is 1.14. The molecule has 0 aliphatic carbocycles. The van der Waals surface area contributed by atoms with E-state index in [9.17, 15) is 0 Å². The maximum absolute atomic E-state index is 4.42. The first-order valence-corrected chi connectivity index (χ1v) is 5.19. The molecule has 2 aliphatic heterocycles. The number of para-hydroxylation sites is 1. The van der Waals surface area contributed by atoms with E-state index in [0.29, 0.717) is 6.04 Å². The lowest BCUT2D eigenvalue weighted by molar-refractivity contribution is 0.744. The highest BCUT2D eigenvalue weighted by atomic mass is 15.0. The molecule has 1 N–H and O–H groups in total. The zero-order valence-electron chi connectivity index (χ0n) is 8.03. The maximum Gasteiger partial charge on any atom is 0.0706 e. The molecule has 0 aromatic heterocycles. The molecule has 1 atom stereocenters. The van der Waals surface area contributed by atoms with Gasteiger partial charge in [0.05, 0.1) is 5.69 Å². The van der Waals surface area contributed by atoms with Crippen molar-refractivity contribution in [3.05, 3.63) is 36.0 Å². The Morgan fingerprint density at radius 3 is 3.07 bits per heavy atom. The van der Waals surface area contributed by atoms with Gasteiger partial charge in [-0.1, -0.05) is 18.2 Å². The number of nitrogens with one attached hydrogen (secondary N) is 1. The van der Waals surface area contributed by atoms with Gasteiger partial charge in [-0.05, 0) is 31.0 Å². The average molecular weight is 185 g/mol. The third kappa shape index (κ3) is 1.15. The first-order valence-electron chi connectivity index (χ1n) is 5.19. The Kier molecular flexibility index (Phi) is 1.81. The minimum atomic E-state index is 0.530. The Labute approximate surface area is 84.0 Å². The Hall–Kier alpha value is -1.28. The lowest BCUT2D eigenvalue weighted by atomic mass is 9.99. The van der Waals surface area contributed by atoms with Crippen molar-refractivity contribution < 1.29 is 0 Å². The summed E-state index contributed by atoms with van der Waals surface area (Å²) in [7, 11) is 0. The molecule has 2 heteroatoms. The molecule has 14 heavy (non-hydrogen) atoms. The van der Waals surface area contributed by atoms with Gasteiger partial charge in [-0.25, -0.2) is 0 Å². The van der Waals surface area contributed by atoms with Crippen LogP contribution in [-0.4, -0.2) is 12.6 Å². The van der Waals surface area contributed by atoms with Crippen LogP contribution in [0.25, 0.3) is 5.57 Å². The summed E-state index contributed by atoms with van der Waals surface area (Å²) in [5.41, 5.74) is 3.81. The lowest BCUT2D eigenvalue weighted by Crippen LogP contribution is -2.22. The number of benzene rings is 1. The normalized spacial score (nSPS) is 24.3. The largest absolute Gasteiger partial charge is 0.310 e. The van der Waals surface area contributed by atoms with Crippen molar-refractivity contribution in [2.24, 2.45) is 0 Å². The first-order chi connectivity index (χ1) is 6.95. The molecule has 1 saturated heterocycles. The minimum absolute atomic E-state index is 0.530. The van der Waals surface area contributed by atoms with E-state index in [4.69, 9.17) is 0 Å². The Bertz CT molecular complexity index is 376. The molecule has 0 amide bonds. The fourth-order valence-corrected chi connectivity index (χ4v) is 2.27. The van der Waals surface area contributed by atoms with Gasteiger partial charge >= 0.3 is 0 Å². The van der Waals surface area contributed by atoms with Crippen LogP contribution in [0.4, 0.5) is 5.69 Å². The fourth-order valence-electron chi connectivity index (χ4n) is 2.27. The molecule has 0 spiro atoms. The molecule has 71 valence electrons. The summed E-state index contributed by atoms with van der Waals surface area (Å²) in [4.78, 5) is 0. The van der Waals surface area contributed by atoms with E-state index in [0.717, 1.165) is 12.2 Å². The summed E-state index contributed by atoms with van der Waals surface area (Å²) in [6, 6.07) is 8.90. The molecule has 2 nitrogen and oxygen atoms in total. The van der Waals surface area contributed by atoms with E-state index in [1.807, 2.05) is 12.3 Å². The lowest BCUT2D eigenvalue weighted by Gasteiger charge is -2.11. The predicted molar refractivity (Wildman–Crippen MR) is 57.2 cm³/mol. The fraction of sp³-hybridized carbons (Fsp3) is 0.333. The van der Waals surface area contributed by atoms with Crippen molar-refractivity contribution in [3.63, 3.8) is 0 Å². The second-order valence-electron chi connectivity index (χ2n) is 3.88. The van der Waals surface area contributed by atoms with Crippen LogP contribution in [0.3, 0.4) is 0 Å². The molecule has 1 aromatic rings. The van der Waals surface area contributed by atoms with Crippen LogP contribution >= 0.6 is 0 Å². The van der Waals surface area contributed by atoms with Crippen LogP contribution < -0.4 is 10.6 Å². The maximum atomic E-state index is 4.42. The van der Waals surface area contributed by atoms with Crippen LogP contribution in [0.15, 0.2) is 30.5 Å². The van der Waals surface area contributed by atoms with Gasteiger partial charge in [0, 0.05) is 17.8 Å². The molecule has 1 radical (unpaired) electrons. The third-order valence-corrected chi connectivity index (χ3v) is 2.99. The van der Waals surface area contributed by atoms with E-state index >= 15 is 0 Å². The number of fused-ring (bicyclic) bond motifs is 1. The summed E-state index contributed by atoms with van der Waals surface area (Å²) >= 11 is 0. The number of nitrogens with zero attached hydrogens (tertiary/aromatic N) is 1. The molecule has 0 bridgehead atoms. The number of hydrogen-bond donors (Lipinski definition) is 1. The highest BCUT2D eigenvalue weighted by Crippen LogP contribution is 2.34. The zero-order valence-corrected chi connectivity index (χ0v) is 8.03. The highest BCUT2D eigenvalue weighted by Gasteiger charge is 2.24. The molecular weight excluding hydrogens is 172 g/mol. The first kappa shape index (κ1) is 8.06. The van der Waals surface area contributed by atoms with Crippen molar-refractivity contribution in [1.82, 2.24) is 10.6 Å². The van der Waals surface area contributed by atoms with E-state index in [1.165, 1.54) is 24.0 Å². The van der Waals surface area contributed by atoms with E-state index in [2.05, 4.69) is 28.8 Å². The number of rotatable bonds is 1. The van der Waals surface area contributed by atoms with Crippen molar-refractivity contribution in [2.45, 2.75) is 18.9 Å². The van der Waals surface area contributed by atoms with E-state index in [-0.39, 0.29) is 0 Å². The smallest absolute Gasteiger partial charge is 0.0706 e. The molecule has 1 unspecified atom stereocenters. The molecule has 1 aromatic carbocycles. The Balaban J connectivity index is 1.95. The van der Waals surface area contributed by atoms with Crippen molar-refractivity contribution in [3.8, 4) is 0 Å². The van der Waals surface area contributed by atoms with Gasteiger partial charge in [-0.3, -0.25) is 5.32 Å². The quantitative estimate of drug-likeness (QED) is 0.711. The van der Waals surface area contributed by atoms with Gasteiger partial charge in [0.1, 0.15) is 0 Å². The van der Waals surface area contributed by atoms with E-state index in [1.54, 1.807) is 0 Å². The monoisotopic (exact) mass is 185 g/mol. The van der Waals surface area contributed by atoms with Gasteiger partial charge in [-0.15, -0.1) is 0 Å². The van der Waals surface area contributed by atoms with Gasteiger partial charge in [0.25, 0.3) is 0 Å².